The lowest BCUT2D eigenvalue weighted by Gasteiger charge is -2.13. The van der Waals surface area contributed by atoms with E-state index in [1.165, 1.54) is 7.11 Å². The van der Waals surface area contributed by atoms with Gasteiger partial charge >= 0.3 is 0 Å². The zero-order chi connectivity index (χ0) is 20.7. The SMILES string of the molecule is COc1ccc(Br)cc1C(=O)NC(=S)NNC(=O)COc1ccc(C)cc1C. The third kappa shape index (κ3) is 6.21. The molecule has 0 aliphatic carbocycles. The fourth-order valence-corrected chi connectivity index (χ4v) is 2.83. The summed E-state index contributed by atoms with van der Waals surface area (Å²) in [5, 5.41) is 2.40. The molecule has 2 amide bonds. The average Bonchev–Trinajstić information content (AvgIpc) is 2.65. The van der Waals surface area contributed by atoms with Crippen molar-refractivity contribution in [3.8, 4) is 11.5 Å². The first-order valence-electron chi connectivity index (χ1n) is 8.24. The Labute approximate surface area is 176 Å². The van der Waals surface area contributed by atoms with Crippen LogP contribution in [0, 0.1) is 13.8 Å². The van der Waals surface area contributed by atoms with Crippen molar-refractivity contribution < 1.29 is 19.1 Å². The summed E-state index contributed by atoms with van der Waals surface area (Å²) in [6.45, 7) is 3.68. The number of halogens is 1. The first-order valence-corrected chi connectivity index (χ1v) is 9.44. The van der Waals surface area contributed by atoms with Gasteiger partial charge < -0.3 is 9.47 Å². The van der Waals surface area contributed by atoms with Gasteiger partial charge in [0.15, 0.2) is 11.7 Å². The molecule has 9 heteroatoms. The van der Waals surface area contributed by atoms with E-state index < -0.39 is 11.8 Å². The molecule has 0 aromatic heterocycles. The number of thiocarbonyl (C=S) groups is 1. The molecule has 0 bridgehead atoms. The molecule has 2 aromatic rings. The lowest BCUT2D eigenvalue weighted by Crippen LogP contribution is -2.49. The Morgan fingerprint density at radius 1 is 1.07 bits per heavy atom. The van der Waals surface area contributed by atoms with Gasteiger partial charge in [-0.2, -0.15) is 0 Å². The fraction of sp³-hybridized carbons (Fsp3) is 0.211. The molecule has 148 valence electrons. The molecule has 2 aromatic carbocycles. The number of hydrogen-bond donors (Lipinski definition) is 3. The average molecular weight is 466 g/mol. The summed E-state index contributed by atoms with van der Waals surface area (Å²) in [7, 11) is 1.46. The van der Waals surface area contributed by atoms with Crippen molar-refractivity contribution >= 4 is 45.1 Å². The summed E-state index contributed by atoms with van der Waals surface area (Å²) in [6, 6.07) is 10.7. The van der Waals surface area contributed by atoms with E-state index in [1.54, 1.807) is 18.2 Å². The van der Waals surface area contributed by atoms with E-state index in [1.807, 2.05) is 32.0 Å². The molecule has 0 unspecified atom stereocenters. The van der Waals surface area contributed by atoms with E-state index in [4.69, 9.17) is 21.7 Å². The van der Waals surface area contributed by atoms with Crippen LogP contribution in [-0.4, -0.2) is 30.6 Å². The van der Waals surface area contributed by atoms with E-state index in [0.29, 0.717) is 21.5 Å². The van der Waals surface area contributed by atoms with Crippen molar-refractivity contribution in [3.05, 3.63) is 57.6 Å². The van der Waals surface area contributed by atoms with Gasteiger partial charge in [0.05, 0.1) is 12.7 Å². The minimum Gasteiger partial charge on any atom is -0.496 e. The van der Waals surface area contributed by atoms with Crippen molar-refractivity contribution in [2.24, 2.45) is 0 Å². The Hall–Kier alpha value is -2.65. The second-order valence-corrected chi connectivity index (χ2v) is 7.18. The molecule has 0 atom stereocenters. The monoisotopic (exact) mass is 465 g/mol. The molecule has 0 radical (unpaired) electrons. The van der Waals surface area contributed by atoms with Gasteiger partial charge in [0.2, 0.25) is 0 Å². The number of carbonyl (C=O) groups excluding carboxylic acids is 2. The van der Waals surface area contributed by atoms with Crippen molar-refractivity contribution in [2.45, 2.75) is 13.8 Å². The number of amides is 2. The Bertz CT molecular complexity index is 905. The minimum absolute atomic E-state index is 0.0631. The van der Waals surface area contributed by atoms with Crippen LogP contribution in [-0.2, 0) is 4.79 Å². The van der Waals surface area contributed by atoms with Crippen molar-refractivity contribution in [3.63, 3.8) is 0 Å². The van der Waals surface area contributed by atoms with Crippen LogP contribution in [0.15, 0.2) is 40.9 Å². The molecule has 0 spiro atoms. The molecule has 28 heavy (non-hydrogen) atoms. The summed E-state index contributed by atoms with van der Waals surface area (Å²) in [6.07, 6.45) is 0. The molecule has 0 saturated heterocycles. The Kier molecular flexibility index (Phi) is 7.77. The highest BCUT2D eigenvalue weighted by Gasteiger charge is 2.14. The molecule has 0 aliphatic rings. The van der Waals surface area contributed by atoms with E-state index in [-0.39, 0.29) is 11.7 Å². The summed E-state index contributed by atoms with van der Waals surface area (Å²) in [5.41, 5.74) is 7.18. The Morgan fingerprint density at radius 3 is 2.46 bits per heavy atom. The second kappa shape index (κ2) is 10.0. The van der Waals surface area contributed by atoms with Gasteiger partial charge in [0.1, 0.15) is 11.5 Å². The molecule has 0 heterocycles. The summed E-state index contributed by atoms with van der Waals surface area (Å²) < 4.78 is 11.4. The third-order valence-corrected chi connectivity index (χ3v) is 4.34. The van der Waals surface area contributed by atoms with E-state index in [0.717, 1.165) is 11.1 Å². The van der Waals surface area contributed by atoms with Crippen LogP contribution in [0.3, 0.4) is 0 Å². The first-order chi connectivity index (χ1) is 13.3. The quantitative estimate of drug-likeness (QED) is 0.464. The normalized spacial score (nSPS) is 10.0. The topological polar surface area (TPSA) is 88.7 Å². The van der Waals surface area contributed by atoms with Gasteiger partial charge in [0, 0.05) is 4.47 Å². The van der Waals surface area contributed by atoms with E-state index in [2.05, 4.69) is 32.1 Å². The highest BCUT2D eigenvalue weighted by molar-refractivity contribution is 9.10. The molecule has 7 nitrogen and oxygen atoms in total. The summed E-state index contributed by atoms with van der Waals surface area (Å²) >= 11 is 8.32. The largest absolute Gasteiger partial charge is 0.496 e. The number of benzene rings is 2. The first kappa shape index (κ1) is 21.6. The van der Waals surface area contributed by atoms with Gasteiger partial charge in [-0.15, -0.1) is 0 Å². The maximum absolute atomic E-state index is 12.3. The van der Waals surface area contributed by atoms with E-state index in [9.17, 15) is 9.59 Å². The lowest BCUT2D eigenvalue weighted by atomic mass is 10.1. The highest BCUT2D eigenvalue weighted by atomic mass is 79.9. The summed E-state index contributed by atoms with van der Waals surface area (Å²) in [4.78, 5) is 24.2. The predicted molar refractivity (Wildman–Crippen MR) is 113 cm³/mol. The minimum atomic E-state index is -0.476. The predicted octanol–water partition coefficient (Wildman–Crippen LogP) is 2.79. The number of nitrogens with one attached hydrogen (secondary N) is 3. The molecule has 0 saturated carbocycles. The van der Waals surface area contributed by atoms with Gasteiger partial charge in [-0.1, -0.05) is 33.6 Å². The van der Waals surface area contributed by atoms with Crippen LogP contribution < -0.4 is 25.6 Å². The number of methoxy groups -OCH3 is 1. The second-order valence-electron chi connectivity index (χ2n) is 5.86. The summed E-state index contributed by atoms with van der Waals surface area (Å²) in [5.74, 6) is 0.0980. The van der Waals surface area contributed by atoms with Crippen LogP contribution in [0.4, 0.5) is 0 Å². The molecule has 3 N–H and O–H groups in total. The fourth-order valence-electron chi connectivity index (χ4n) is 2.33. The smallest absolute Gasteiger partial charge is 0.276 e. The van der Waals surface area contributed by atoms with Crippen LogP contribution in [0.25, 0.3) is 0 Å². The number of hydrazine groups is 1. The van der Waals surface area contributed by atoms with E-state index >= 15 is 0 Å². The molecular formula is C19H20BrN3O4S. The van der Waals surface area contributed by atoms with Crippen LogP contribution in [0.1, 0.15) is 21.5 Å². The molecule has 2 rings (SSSR count). The van der Waals surface area contributed by atoms with Crippen molar-refractivity contribution in [2.75, 3.05) is 13.7 Å². The van der Waals surface area contributed by atoms with Crippen molar-refractivity contribution in [1.82, 2.24) is 16.2 Å². The number of ether oxygens (including phenoxy) is 2. The van der Waals surface area contributed by atoms with Crippen LogP contribution >= 0.6 is 28.1 Å². The number of carbonyl (C=O) groups is 2. The standard InChI is InChI=1S/C19H20BrN3O4S/c1-11-4-6-15(12(2)8-11)27-10-17(24)22-23-19(28)21-18(25)14-9-13(20)5-7-16(14)26-3/h4-9H,10H2,1-3H3,(H,22,24)(H2,21,23,25,28). The maximum atomic E-state index is 12.3. The van der Waals surface area contributed by atoms with Crippen molar-refractivity contribution in [1.29, 1.82) is 0 Å². The lowest BCUT2D eigenvalue weighted by molar-refractivity contribution is -0.123. The number of hydrogen-bond acceptors (Lipinski definition) is 5. The number of rotatable bonds is 5. The highest BCUT2D eigenvalue weighted by Crippen LogP contribution is 2.22. The molecular weight excluding hydrogens is 446 g/mol. The van der Waals surface area contributed by atoms with Gasteiger partial charge in [0.25, 0.3) is 11.8 Å². The van der Waals surface area contributed by atoms with Crippen LogP contribution in [0.2, 0.25) is 0 Å². The molecule has 0 aliphatic heterocycles. The van der Waals surface area contributed by atoms with Gasteiger partial charge in [-0.25, -0.2) is 0 Å². The van der Waals surface area contributed by atoms with Gasteiger partial charge in [-0.3, -0.25) is 25.8 Å². The Balaban J connectivity index is 1.82. The third-order valence-electron chi connectivity index (χ3n) is 3.64. The molecule has 0 fully saturated rings. The zero-order valence-electron chi connectivity index (χ0n) is 15.6. The maximum Gasteiger partial charge on any atom is 0.276 e. The van der Waals surface area contributed by atoms with Crippen LogP contribution in [0.5, 0.6) is 11.5 Å². The zero-order valence-corrected chi connectivity index (χ0v) is 18.0. The van der Waals surface area contributed by atoms with Gasteiger partial charge in [-0.05, 0) is 55.9 Å². The number of aryl methyl sites for hydroxylation is 2. The Morgan fingerprint density at radius 2 is 1.79 bits per heavy atom.